The van der Waals surface area contributed by atoms with Crippen LogP contribution >= 0.6 is 11.8 Å². The Morgan fingerprint density at radius 1 is 1.46 bits per heavy atom. The number of oxime groups is 1. The van der Waals surface area contributed by atoms with E-state index in [-0.39, 0.29) is 29.5 Å². The summed E-state index contributed by atoms with van der Waals surface area (Å²) in [5.74, 6) is -2.54. The minimum Gasteiger partial charge on any atom is -0.543 e. The smallest absolute Gasteiger partial charge is 0.276 e. The van der Waals surface area contributed by atoms with Gasteiger partial charge in [0.2, 0.25) is 12.1 Å². The lowest BCUT2D eigenvalue weighted by Gasteiger charge is -2.50. The van der Waals surface area contributed by atoms with Gasteiger partial charge in [-0.25, -0.2) is 0 Å². The van der Waals surface area contributed by atoms with Gasteiger partial charge < -0.3 is 34.7 Å². The van der Waals surface area contributed by atoms with E-state index in [9.17, 15) is 19.5 Å². The third-order valence-electron chi connectivity index (χ3n) is 5.53. The summed E-state index contributed by atoms with van der Waals surface area (Å²) in [7, 11) is 1.24. The van der Waals surface area contributed by atoms with Gasteiger partial charge in [0.15, 0.2) is 24.0 Å². The van der Waals surface area contributed by atoms with E-state index in [1.807, 2.05) is 12.1 Å². The molecule has 3 N–H and O–H groups in total. The first kappa shape index (κ1) is 22.5. The number of nitrogens with one attached hydrogen (secondary N) is 1. The molecule has 180 valence electrons. The molecule has 2 aliphatic rings. The number of pyridine rings is 1. The summed E-state index contributed by atoms with van der Waals surface area (Å²) in [6.07, 6.45) is 5.11. The minimum atomic E-state index is -1.47. The molecule has 3 aromatic rings. The van der Waals surface area contributed by atoms with Gasteiger partial charge in [0.1, 0.15) is 24.2 Å². The van der Waals surface area contributed by atoms with Gasteiger partial charge in [-0.3, -0.25) is 14.5 Å². The van der Waals surface area contributed by atoms with Crippen LogP contribution in [0.5, 0.6) is 0 Å². The number of aromatic nitrogens is 2. The molecule has 1 fully saturated rings. The van der Waals surface area contributed by atoms with Gasteiger partial charge >= 0.3 is 0 Å². The van der Waals surface area contributed by atoms with Crippen molar-refractivity contribution in [2.75, 3.05) is 18.6 Å². The quantitative estimate of drug-likeness (QED) is 0.173. The molecule has 5 rings (SSSR count). The fraction of sp³-hybridized carbons (Fsp3) is 0.238. The lowest BCUT2D eigenvalue weighted by molar-refractivity contribution is -0.688. The molecule has 0 bridgehead atoms. The Labute approximate surface area is 201 Å². The second-order valence-electron chi connectivity index (χ2n) is 7.69. The summed E-state index contributed by atoms with van der Waals surface area (Å²) in [5.41, 5.74) is 6.21. The largest absolute Gasteiger partial charge is 0.543 e. The summed E-state index contributed by atoms with van der Waals surface area (Å²) in [5, 5.41) is 22.1. The van der Waals surface area contributed by atoms with E-state index >= 15 is 0 Å². The summed E-state index contributed by atoms with van der Waals surface area (Å²) >= 11 is 1.32. The van der Waals surface area contributed by atoms with Crippen LogP contribution in [0.1, 0.15) is 5.69 Å². The average molecular weight is 498 g/mol. The van der Waals surface area contributed by atoms with Crippen molar-refractivity contribution in [1.29, 1.82) is 0 Å². The molecule has 0 saturated carbocycles. The fourth-order valence-electron chi connectivity index (χ4n) is 3.96. The van der Waals surface area contributed by atoms with Crippen LogP contribution in [0, 0.1) is 0 Å². The van der Waals surface area contributed by atoms with Crippen LogP contribution in [0.3, 0.4) is 0 Å². The van der Waals surface area contributed by atoms with E-state index in [2.05, 4.69) is 15.6 Å². The Morgan fingerprint density at radius 3 is 3.00 bits per heavy atom. The topological polar surface area (TPSA) is 180 Å². The number of carboxylic acid groups (broad SMARTS) is 1. The molecular weight excluding hydrogens is 480 g/mol. The van der Waals surface area contributed by atoms with Gasteiger partial charge in [0, 0.05) is 28.8 Å². The predicted molar refractivity (Wildman–Crippen MR) is 118 cm³/mol. The number of fused-ring (bicyclic) bond motifs is 2. The van der Waals surface area contributed by atoms with Crippen molar-refractivity contribution in [3.05, 3.63) is 53.8 Å². The number of amides is 2. The number of carbonyl (C=O) groups excluding carboxylic acids is 3. The molecule has 14 heteroatoms. The first-order valence-electron chi connectivity index (χ1n) is 10.3. The monoisotopic (exact) mass is 498 g/mol. The fourth-order valence-corrected chi connectivity index (χ4v) is 5.30. The van der Waals surface area contributed by atoms with Gasteiger partial charge in [-0.15, -0.1) is 11.8 Å². The second-order valence-corrected chi connectivity index (χ2v) is 8.80. The zero-order chi connectivity index (χ0) is 24.7. The SMILES string of the molecule is CO/N=C(\C(=O)NC1C(=O)N2C(C(=O)[O-])=C(C[n+]3ccc4ccoc4c3)CS[C@H]12)c1cc(N)on1. The van der Waals surface area contributed by atoms with Crippen LogP contribution in [-0.4, -0.2) is 57.8 Å². The van der Waals surface area contributed by atoms with E-state index in [1.165, 1.54) is 24.9 Å². The standard InChI is InChI=1S/C21H18N6O7S/c1-32-25-15(12-6-14(22)34-24-12)18(28)23-16-19(29)27-17(21(30)31)11(9-35-20(16)27)7-26-4-2-10-3-5-33-13(10)8-26/h2-6,8,16,20H,7,9H2,1H3,(H3-,22,23,24,28,30,31)/b25-15-/t16?,20-/m1/s1. The van der Waals surface area contributed by atoms with E-state index in [1.54, 1.807) is 23.2 Å². The van der Waals surface area contributed by atoms with E-state index in [0.29, 0.717) is 16.9 Å². The maximum absolute atomic E-state index is 12.9. The third kappa shape index (κ3) is 3.97. The first-order chi connectivity index (χ1) is 16.9. The van der Waals surface area contributed by atoms with Crippen LogP contribution in [0.2, 0.25) is 0 Å². The van der Waals surface area contributed by atoms with Crippen molar-refractivity contribution in [3.8, 4) is 0 Å². The number of hydrogen-bond donors (Lipinski definition) is 2. The summed E-state index contributed by atoms with van der Waals surface area (Å²) in [6.45, 7) is 0.221. The van der Waals surface area contributed by atoms with E-state index < -0.39 is 29.2 Å². The van der Waals surface area contributed by atoms with Crippen LogP contribution < -0.4 is 20.7 Å². The highest BCUT2D eigenvalue weighted by Crippen LogP contribution is 2.40. The zero-order valence-corrected chi connectivity index (χ0v) is 19.0. The number of nitrogens with zero attached hydrogens (tertiary/aromatic N) is 4. The normalized spacial score (nSPS) is 20.0. The molecule has 0 aromatic carbocycles. The molecule has 2 atom stereocenters. The number of furan rings is 1. The number of carboxylic acids is 1. The van der Waals surface area contributed by atoms with Crippen molar-refractivity contribution in [2.45, 2.75) is 18.0 Å². The number of nitrogens with two attached hydrogens (primary N) is 1. The number of β-lactam (4-membered cyclic amide) rings is 1. The number of hydrogen-bond acceptors (Lipinski definition) is 11. The minimum absolute atomic E-state index is 0.0185. The number of rotatable bonds is 7. The Hall–Kier alpha value is -4.33. The maximum atomic E-state index is 12.9. The zero-order valence-electron chi connectivity index (χ0n) is 18.2. The Balaban J connectivity index is 1.36. The maximum Gasteiger partial charge on any atom is 0.276 e. The molecule has 3 aromatic heterocycles. The molecule has 1 unspecified atom stereocenters. The molecule has 0 spiro atoms. The van der Waals surface area contributed by atoms with Gasteiger partial charge in [0.25, 0.3) is 11.8 Å². The van der Waals surface area contributed by atoms with E-state index in [4.69, 9.17) is 19.5 Å². The van der Waals surface area contributed by atoms with Crippen molar-refractivity contribution in [1.82, 2.24) is 15.4 Å². The number of aliphatic carboxylic acids is 1. The number of nitrogen functional groups attached to an aromatic ring is 1. The molecular formula is C21H18N6O7S. The van der Waals surface area contributed by atoms with Crippen LogP contribution in [0.4, 0.5) is 5.88 Å². The van der Waals surface area contributed by atoms with Gasteiger partial charge in [-0.1, -0.05) is 10.3 Å². The second kappa shape index (κ2) is 8.79. The van der Waals surface area contributed by atoms with Gasteiger partial charge in [-0.2, -0.15) is 4.57 Å². The van der Waals surface area contributed by atoms with Gasteiger partial charge in [-0.05, 0) is 6.07 Å². The summed E-state index contributed by atoms with van der Waals surface area (Å²) in [6, 6.07) is 3.96. The average Bonchev–Trinajstić information content (AvgIpc) is 3.48. The third-order valence-corrected chi connectivity index (χ3v) is 6.86. The van der Waals surface area contributed by atoms with E-state index in [0.717, 1.165) is 10.3 Å². The Kier molecular flexibility index (Phi) is 5.64. The predicted octanol–water partition coefficient (Wildman–Crippen LogP) is -1.25. The first-order valence-corrected chi connectivity index (χ1v) is 11.3. The Bertz CT molecular complexity index is 1410. The van der Waals surface area contributed by atoms with Crippen LogP contribution in [0.15, 0.2) is 62.2 Å². The van der Waals surface area contributed by atoms with Crippen molar-refractivity contribution >= 4 is 52.1 Å². The molecule has 5 heterocycles. The number of anilines is 1. The lowest BCUT2D eigenvalue weighted by atomic mass is 10.0. The molecule has 13 nitrogen and oxygen atoms in total. The van der Waals surface area contributed by atoms with Crippen molar-refractivity contribution < 1.29 is 37.8 Å². The number of thioether (sulfide) groups is 1. The van der Waals surface area contributed by atoms with Crippen molar-refractivity contribution in [3.63, 3.8) is 0 Å². The highest BCUT2D eigenvalue weighted by molar-refractivity contribution is 8.00. The molecule has 1 saturated heterocycles. The highest BCUT2D eigenvalue weighted by atomic mass is 32.2. The molecule has 0 radical (unpaired) electrons. The summed E-state index contributed by atoms with van der Waals surface area (Å²) in [4.78, 5) is 43.6. The van der Waals surface area contributed by atoms with Gasteiger partial charge in [0.05, 0.1) is 17.9 Å². The lowest BCUT2D eigenvalue weighted by Crippen LogP contribution is -2.71. The van der Waals surface area contributed by atoms with Crippen LogP contribution in [-0.2, 0) is 25.8 Å². The summed E-state index contributed by atoms with van der Waals surface area (Å²) < 4.78 is 11.9. The van der Waals surface area contributed by atoms with Crippen molar-refractivity contribution in [2.24, 2.45) is 5.16 Å². The molecule has 0 aliphatic carbocycles. The molecule has 2 amide bonds. The highest BCUT2D eigenvalue weighted by Gasteiger charge is 2.53. The Morgan fingerprint density at radius 2 is 2.29 bits per heavy atom. The molecule has 2 aliphatic heterocycles. The molecule has 35 heavy (non-hydrogen) atoms. The number of carbonyl (C=O) groups is 3. The van der Waals surface area contributed by atoms with Crippen LogP contribution in [0.25, 0.3) is 11.0 Å².